The molecule has 0 saturated heterocycles. The van der Waals surface area contributed by atoms with E-state index in [9.17, 15) is 5.11 Å². The van der Waals surface area contributed by atoms with E-state index in [-0.39, 0.29) is 5.60 Å². The first-order chi connectivity index (χ1) is 6.33. The van der Waals surface area contributed by atoms with Gasteiger partial charge in [-0.3, -0.25) is 0 Å². The lowest BCUT2D eigenvalue weighted by molar-refractivity contribution is -0.0979. The molecule has 86 valence electrons. The molecule has 0 aliphatic heterocycles. The van der Waals surface area contributed by atoms with Gasteiger partial charge >= 0.3 is 0 Å². The average molecular weight is 203 g/mol. The zero-order valence-corrected chi connectivity index (χ0v) is 10.2. The van der Waals surface area contributed by atoms with Crippen molar-refractivity contribution in [3.8, 4) is 0 Å². The van der Waals surface area contributed by atoms with Crippen LogP contribution in [0.5, 0.6) is 0 Å². The van der Waals surface area contributed by atoms with E-state index in [2.05, 4.69) is 12.2 Å². The van der Waals surface area contributed by atoms with E-state index in [4.69, 9.17) is 4.74 Å². The summed E-state index contributed by atoms with van der Waals surface area (Å²) in [5.74, 6) is 0. The van der Waals surface area contributed by atoms with E-state index in [1.165, 1.54) is 0 Å². The van der Waals surface area contributed by atoms with Gasteiger partial charge in [0.15, 0.2) is 0 Å². The summed E-state index contributed by atoms with van der Waals surface area (Å²) in [4.78, 5) is 0. The quantitative estimate of drug-likeness (QED) is 0.659. The summed E-state index contributed by atoms with van der Waals surface area (Å²) in [5.41, 5.74) is -0.918. The molecule has 0 aliphatic rings. The van der Waals surface area contributed by atoms with Crippen molar-refractivity contribution in [1.29, 1.82) is 0 Å². The van der Waals surface area contributed by atoms with Crippen molar-refractivity contribution in [2.75, 3.05) is 19.7 Å². The summed E-state index contributed by atoms with van der Waals surface area (Å²) in [6, 6.07) is 0. The molecule has 0 amide bonds. The SMILES string of the molecule is CCNCC(C)(O)COC(C)(C)CC. The van der Waals surface area contributed by atoms with Crippen molar-refractivity contribution >= 4 is 0 Å². The first-order valence-electron chi connectivity index (χ1n) is 5.40. The Labute approximate surface area is 87.8 Å². The number of hydrogen-bond acceptors (Lipinski definition) is 3. The summed E-state index contributed by atoms with van der Waals surface area (Å²) >= 11 is 0. The molecule has 0 heterocycles. The Hall–Kier alpha value is -0.120. The Bertz CT molecular complexity index is 155. The highest BCUT2D eigenvalue weighted by molar-refractivity contribution is 4.77. The van der Waals surface area contributed by atoms with Crippen molar-refractivity contribution in [3.63, 3.8) is 0 Å². The van der Waals surface area contributed by atoms with Crippen LogP contribution in [0.1, 0.15) is 41.0 Å². The molecule has 0 aliphatic carbocycles. The molecule has 0 saturated carbocycles. The maximum atomic E-state index is 9.92. The van der Waals surface area contributed by atoms with Gasteiger partial charge in [0.05, 0.1) is 17.8 Å². The van der Waals surface area contributed by atoms with E-state index in [1.54, 1.807) is 6.92 Å². The molecule has 0 spiro atoms. The molecule has 3 nitrogen and oxygen atoms in total. The van der Waals surface area contributed by atoms with Crippen LogP contribution in [-0.4, -0.2) is 36.0 Å². The van der Waals surface area contributed by atoms with Crippen LogP contribution < -0.4 is 5.32 Å². The second-order valence-corrected chi connectivity index (χ2v) is 4.68. The van der Waals surface area contributed by atoms with E-state index >= 15 is 0 Å². The van der Waals surface area contributed by atoms with Crippen LogP contribution in [0.3, 0.4) is 0 Å². The number of likely N-dealkylation sites (N-methyl/N-ethyl adjacent to an activating group) is 1. The maximum Gasteiger partial charge on any atom is 0.0975 e. The van der Waals surface area contributed by atoms with Crippen LogP contribution in [0, 0.1) is 0 Å². The number of aliphatic hydroxyl groups is 1. The molecule has 0 aromatic rings. The fourth-order valence-electron chi connectivity index (χ4n) is 0.898. The number of nitrogens with one attached hydrogen (secondary N) is 1. The summed E-state index contributed by atoms with van der Waals surface area (Å²) in [7, 11) is 0. The summed E-state index contributed by atoms with van der Waals surface area (Å²) in [6.45, 7) is 11.8. The molecule has 1 unspecified atom stereocenters. The van der Waals surface area contributed by atoms with Gasteiger partial charge in [0.25, 0.3) is 0 Å². The largest absolute Gasteiger partial charge is 0.386 e. The fraction of sp³-hybridized carbons (Fsp3) is 1.00. The second kappa shape index (κ2) is 5.69. The van der Waals surface area contributed by atoms with E-state index in [0.717, 1.165) is 13.0 Å². The Morgan fingerprint density at radius 1 is 1.21 bits per heavy atom. The minimum absolute atomic E-state index is 0.143. The van der Waals surface area contributed by atoms with E-state index in [0.29, 0.717) is 13.2 Å². The van der Waals surface area contributed by atoms with Gasteiger partial charge in [0.2, 0.25) is 0 Å². The lowest BCUT2D eigenvalue weighted by Gasteiger charge is -2.30. The van der Waals surface area contributed by atoms with Crippen LogP contribution in [0.15, 0.2) is 0 Å². The molecule has 0 bridgehead atoms. The summed E-state index contributed by atoms with van der Waals surface area (Å²) < 4.78 is 5.65. The topological polar surface area (TPSA) is 41.5 Å². The first-order valence-corrected chi connectivity index (χ1v) is 5.40. The summed E-state index contributed by atoms with van der Waals surface area (Å²) in [6.07, 6.45) is 0.949. The summed E-state index contributed by atoms with van der Waals surface area (Å²) in [5, 5.41) is 13.0. The molecule has 0 rings (SSSR count). The van der Waals surface area contributed by atoms with Crippen molar-refractivity contribution < 1.29 is 9.84 Å². The van der Waals surface area contributed by atoms with E-state index < -0.39 is 5.60 Å². The van der Waals surface area contributed by atoms with Crippen LogP contribution in [-0.2, 0) is 4.74 Å². The molecule has 1 atom stereocenters. The van der Waals surface area contributed by atoms with Crippen LogP contribution >= 0.6 is 0 Å². The zero-order chi connectivity index (χ0) is 11.2. The Balaban J connectivity index is 3.85. The Morgan fingerprint density at radius 2 is 1.79 bits per heavy atom. The third-order valence-corrected chi connectivity index (χ3v) is 2.38. The molecular weight excluding hydrogens is 178 g/mol. The predicted molar refractivity (Wildman–Crippen MR) is 59.5 cm³/mol. The monoisotopic (exact) mass is 203 g/mol. The van der Waals surface area contributed by atoms with Gasteiger partial charge in [-0.05, 0) is 33.7 Å². The normalized spacial score (nSPS) is 16.7. The lowest BCUT2D eigenvalue weighted by atomic mass is 10.0. The predicted octanol–water partition coefficient (Wildman–Crippen LogP) is 1.55. The van der Waals surface area contributed by atoms with Crippen LogP contribution in [0.2, 0.25) is 0 Å². The minimum Gasteiger partial charge on any atom is -0.386 e. The zero-order valence-electron chi connectivity index (χ0n) is 10.2. The van der Waals surface area contributed by atoms with Gasteiger partial charge in [-0.25, -0.2) is 0 Å². The third-order valence-electron chi connectivity index (χ3n) is 2.38. The lowest BCUT2D eigenvalue weighted by Crippen LogP contribution is -2.44. The number of hydrogen-bond donors (Lipinski definition) is 2. The Kier molecular flexibility index (Phi) is 5.64. The molecular formula is C11H25NO2. The highest BCUT2D eigenvalue weighted by Gasteiger charge is 2.24. The van der Waals surface area contributed by atoms with Crippen molar-refractivity contribution in [2.24, 2.45) is 0 Å². The van der Waals surface area contributed by atoms with Crippen LogP contribution in [0.25, 0.3) is 0 Å². The van der Waals surface area contributed by atoms with Gasteiger partial charge in [-0.1, -0.05) is 13.8 Å². The van der Waals surface area contributed by atoms with Crippen molar-refractivity contribution in [3.05, 3.63) is 0 Å². The molecule has 14 heavy (non-hydrogen) atoms. The van der Waals surface area contributed by atoms with Crippen molar-refractivity contribution in [1.82, 2.24) is 5.32 Å². The average Bonchev–Trinajstić information content (AvgIpc) is 2.12. The first kappa shape index (κ1) is 13.9. The second-order valence-electron chi connectivity index (χ2n) is 4.68. The molecule has 0 aromatic heterocycles. The van der Waals surface area contributed by atoms with E-state index in [1.807, 2.05) is 20.8 Å². The molecule has 3 heteroatoms. The van der Waals surface area contributed by atoms with Gasteiger partial charge < -0.3 is 15.2 Å². The Morgan fingerprint density at radius 3 is 2.21 bits per heavy atom. The number of rotatable bonds is 7. The van der Waals surface area contributed by atoms with Crippen LogP contribution in [0.4, 0.5) is 0 Å². The molecule has 0 aromatic carbocycles. The maximum absolute atomic E-state index is 9.92. The van der Waals surface area contributed by atoms with Gasteiger partial charge in [0, 0.05) is 6.54 Å². The fourth-order valence-corrected chi connectivity index (χ4v) is 0.898. The highest BCUT2D eigenvalue weighted by Crippen LogP contribution is 2.16. The third kappa shape index (κ3) is 6.35. The molecule has 2 N–H and O–H groups in total. The standard InChI is InChI=1S/C11H25NO2/c1-6-10(3,4)14-9-11(5,13)8-12-7-2/h12-13H,6-9H2,1-5H3. The number of ether oxygens (including phenoxy) is 1. The van der Waals surface area contributed by atoms with Gasteiger partial charge in [-0.15, -0.1) is 0 Å². The molecule has 0 radical (unpaired) electrons. The van der Waals surface area contributed by atoms with Crippen molar-refractivity contribution in [2.45, 2.75) is 52.2 Å². The highest BCUT2D eigenvalue weighted by atomic mass is 16.5. The van der Waals surface area contributed by atoms with Gasteiger partial charge in [-0.2, -0.15) is 0 Å². The smallest absolute Gasteiger partial charge is 0.0975 e. The minimum atomic E-state index is -0.775. The van der Waals surface area contributed by atoms with Gasteiger partial charge in [0.1, 0.15) is 0 Å². The molecule has 0 fully saturated rings.